The van der Waals surface area contributed by atoms with Gasteiger partial charge in [0.2, 0.25) is 0 Å². The molecule has 0 aliphatic carbocycles. The molecule has 1 fully saturated rings. The Morgan fingerprint density at radius 2 is 2.14 bits per heavy atom. The number of carbonyl (C=O) groups is 2. The first-order valence-electron chi connectivity index (χ1n) is 12.2. The largest absolute Gasteiger partial charge is 0.428 e. The first-order chi connectivity index (χ1) is 16.9. The highest BCUT2D eigenvalue weighted by Crippen LogP contribution is 2.35. The van der Waals surface area contributed by atoms with Crippen LogP contribution in [0, 0.1) is 0 Å². The Bertz CT molecular complexity index is 1080. The maximum absolute atomic E-state index is 12.0. The average Bonchev–Trinajstić information content (AvgIpc) is 2.84. The summed E-state index contributed by atoms with van der Waals surface area (Å²) in [4.78, 5) is 37.9. The highest BCUT2D eigenvalue weighted by atomic mass is 16.5. The number of amides is 2. The predicted octanol–water partition coefficient (Wildman–Crippen LogP) is 2.81. The second-order valence-corrected chi connectivity index (χ2v) is 9.14. The van der Waals surface area contributed by atoms with Crippen molar-refractivity contribution in [3.63, 3.8) is 0 Å². The summed E-state index contributed by atoms with van der Waals surface area (Å²) in [6, 6.07) is 5.40. The van der Waals surface area contributed by atoms with E-state index in [-0.39, 0.29) is 17.8 Å². The van der Waals surface area contributed by atoms with Gasteiger partial charge in [0.1, 0.15) is 11.6 Å². The lowest BCUT2D eigenvalue weighted by molar-refractivity contribution is -0.120. The van der Waals surface area contributed by atoms with Crippen molar-refractivity contribution in [2.24, 2.45) is 0 Å². The smallest absolute Gasteiger partial charge is 0.319 e. The van der Waals surface area contributed by atoms with Crippen molar-refractivity contribution < 1.29 is 19.1 Å². The molecule has 2 aliphatic heterocycles. The molecule has 0 spiro atoms. The fraction of sp³-hybridized carbons (Fsp3) is 0.520. The van der Waals surface area contributed by atoms with E-state index in [9.17, 15) is 9.59 Å². The molecule has 35 heavy (non-hydrogen) atoms. The number of urea groups is 1. The zero-order chi connectivity index (χ0) is 24.9. The third-order valence-corrected chi connectivity index (χ3v) is 6.44. The summed E-state index contributed by atoms with van der Waals surface area (Å²) >= 11 is 0. The number of fused-ring (bicyclic) bond motifs is 1. The topological polar surface area (TPSA) is 109 Å². The molecule has 10 heteroatoms. The number of morpholine rings is 1. The maximum Gasteiger partial charge on any atom is 0.319 e. The number of ether oxygens (including phenoxy) is 2. The molecule has 1 atom stereocenters. The average molecular weight is 483 g/mol. The van der Waals surface area contributed by atoms with Crippen LogP contribution in [0.4, 0.5) is 16.3 Å². The van der Waals surface area contributed by atoms with Crippen molar-refractivity contribution >= 4 is 24.0 Å². The summed E-state index contributed by atoms with van der Waals surface area (Å²) in [6.45, 7) is 13.0. The van der Waals surface area contributed by atoms with E-state index in [1.165, 1.54) is 5.56 Å². The molecule has 2 aliphatic rings. The van der Waals surface area contributed by atoms with Crippen molar-refractivity contribution in [1.82, 2.24) is 20.2 Å². The van der Waals surface area contributed by atoms with E-state index < -0.39 is 0 Å². The van der Waals surface area contributed by atoms with Gasteiger partial charge >= 0.3 is 6.03 Å². The number of benzene rings is 1. The molecule has 2 aromatic rings. The van der Waals surface area contributed by atoms with Crippen molar-refractivity contribution in [2.45, 2.75) is 52.7 Å². The lowest BCUT2D eigenvalue weighted by Crippen LogP contribution is -2.46. The van der Waals surface area contributed by atoms with Crippen LogP contribution in [-0.2, 0) is 22.5 Å². The van der Waals surface area contributed by atoms with Crippen LogP contribution in [0.1, 0.15) is 39.0 Å². The quantitative estimate of drug-likeness (QED) is 0.580. The molecule has 3 heterocycles. The zero-order valence-corrected chi connectivity index (χ0v) is 20.8. The van der Waals surface area contributed by atoms with Crippen LogP contribution in [0.2, 0.25) is 0 Å². The van der Waals surface area contributed by atoms with Gasteiger partial charge < -0.3 is 25.0 Å². The van der Waals surface area contributed by atoms with Gasteiger partial charge in [0.15, 0.2) is 5.82 Å². The molecule has 1 saturated heterocycles. The lowest BCUT2D eigenvalue weighted by atomic mass is 10.0. The summed E-state index contributed by atoms with van der Waals surface area (Å²) < 4.78 is 11.0. The van der Waals surface area contributed by atoms with E-state index in [0.29, 0.717) is 49.3 Å². The first kappa shape index (κ1) is 24.9. The normalized spacial score (nSPS) is 18.2. The fourth-order valence-corrected chi connectivity index (χ4v) is 4.54. The minimum absolute atomic E-state index is 0.188. The second kappa shape index (κ2) is 11.0. The molecule has 1 aromatic heterocycles. The highest BCUT2D eigenvalue weighted by Gasteiger charge is 2.30. The van der Waals surface area contributed by atoms with Crippen LogP contribution in [-0.4, -0.2) is 72.3 Å². The standard InChI is InChI=1S/C25H34N6O4/c1-5-26-25(33)27-18-6-7-20(22(12-18)35-15-32)23-28-21-13-30(16(2)3)9-8-19(21)24(29-23)31-10-11-34-14-17(31)4/h6-7,12,15-17H,5,8-11,13-14H2,1-4H3,(H2,26,27,33). The number of hydrogen-bond acceptors (Lipinski definition) is 8. The van der Waals surface area contributed by atoms with E-state index in [2.05, 4.69) is 41.2 Å². The summed E-state index contributed by atoms with van der Waals surface area (Å²) in [5.74, 6) is 1.70. The van der Waals surface area contributed by atoms with Crippen molar-refractivity contribution in [3.05, 3.63) is 29.5 Å². The second-order valence-electron chi connectivity index (χ2n) is 9.14. The summed E-state index contributed by atoms with van der Waals surface area (Å²) in [5.41, 5.74) is 3.25. The number of rotatable bonds is 7. The van der Waals surface area contributed by atoms with Crippen LogP contribution in [0.5, 0.6) is 5.75 Å². The third kappa shape index (κ3) is 5.54. The molecule has 10 nitrogen and oxygen atoms in total. The molecule has 0 radical (unpaired) electrons. The number of carbonyl (C=O) groups excluding carboxylic acids is 2. The van der Waals surface area contributed by atoms with E-state index >= 15 is 0 Å². The molecule has 2 N–H and O–H groups in total. The Morgan fingerprint density at radius 3 is 2.86 bits per heavy atom. The van der Waals surface area contributed by atoms with Crippen molar-refractivity contribution in [2.75, 3.05) is 43.1 Å². The first-order valence-corrected chi connectivity index (χ1v) is 12.2. The number of nitrogens with one attached hydrogen (secondary N) is 2. The van der Waals surface area contributed by atoms with Crippen molar-refractivity contribution in [3.8, 4) is 17.1 Å². The third-order valence-electron chi connectivity index (χ3n) is 6.44. The molecule has 0 bridgehead atoms. The number of anilines is 2. The van der Waals surface area contributed by atoms with Gasteiger partial charge in [-0.2, -0.15) is 0 Å². The molecule has 4 rings (SSSR count). The van der Waals surface area contributed by atoms with Gasteiger partial charge in [0, 0.05) is 49.5 Å². The molecule has 1 unspecified atom stereocenters. The molecular formula is C25H34N6O4. The van der Waals surface area contributed by atoms with Gasteiger partial charge in [-0.1, -0.05) is 0 Å². The van der Waals surface area contributed by atoms with Gasteiger partial charge in [-0.15, -0.1) is 0 Å². The summed E-state index contributed by atoms with van der Waals surface area (Å²) in [5, 5.41) is 5.42. The summed E-state index contributed by atoms with van der Waals surface area (Å²) in [7, 11) is 0. The van der Waals surface area contributed by atoms with Gasteiger partial charge in [-0.05, 0) is 46.2 Å². The van der Waals surface area contributed by atoms with Gasteiger partial charge in [0.05, 0.1) is 30.5 Å². The van der Waals surface area contributed by atoms with Crippen LogP contribution >= 0.6 is 0 Å². The van der Waals surface area contributed by atoms with Crippen molar-refractivity contribution in [1.29, 1.82) is 0 Å². The number of hydrogen-bond donors (Lipinski definition) is 2. The highest BCUT2D eigenvalue weighted by molar-refractivity contribution is 5.90. The molecular weight excluding hydrogens is 448 g/mol. The Hall–Kier alpha value is -3.24. The van der Waals surface area contributed by atoms with E-state index in [4.69, 9.17) is 19.4 Å². The van der Waals surface area contributed by atoms with E-state index in [0.717, 1.165) is 37.6 Å². The monoisotopic (exact) mass is 482 g/mol. The molecule has 1 aromatic carbocycles. The van der Waals surface area contributed by atoms with Gasteiger partial charge in [-0.25, -0.2) is 14.8 Å². The Labute approximate surface area is 206 Å². The SMILES string of the molecule is CCNC(=O)Nc1ccc(-c2nc3c(c(N4CCOCC4C)n2)CCN(C(C)C)C3)c(OC=O)c1. The van der Waals surface area contributed by atoms with Gasteiger partial charge in [0.25, 0.3) is 6.47 Å². The van der Waals surface area contributed by atoms with E-state index in [1.807, 2.05) is 6.92 Å². The van der Waals surface area contributed by atoms with Crippen LogP contribution in [0.25, 0.3) is 11.4 Å². The molecule has 0 saturated carbocycles. The Balaban J connectivity index is 1.78. The molecule has 2 amide bonds. The van der Waals surface area contributed by atoms with Crippen LogP contribution < -0.4 is 20.3 Å². The van der Waals surface area contributed by atoms with E-state index in [1.54, 1.807) is 18.2 Å². The summed E-state index contributed by atoms with van der Waals surface area (Å²) in [6.07, 6.45) is 0.875. The minimum Gasteiger partial charge on any atom is -0.428 e. The Morgan fingerprint density at radius 1 is 1.31 bits per heavy atom. The zero-order valence-electron chi connectivity index (χ0n) is 20.8. The van der Waals surface area contributed by atoms with Crippen LogP contribution in [0.15, 0.2) is 18.2 Å². The predicted molar refractivity (Wildman–Crippen MR) is 134 cm³/mol. The Kier molecular flexibility index (Phi) is 7.82. The molecule has 188 valence electrons. The maximum atomic E-state index is 12.0. The number of nitrogens with zero attached hydrogens (tertiary/aromatic N) is 4. The van der Waals surface area contributed by atoms with Crippen LogP contribution in [0.3, 0.4) is 0 Å². The minimum atomic E-state index is -0.334. The lowest BCUT2D eigenvalue weighted by Gasteiger charge is -2.38. The fourth-order valence-electron chi connectivity index (χ4n) is 4.54. The number of aromatic nitrogens is 2. The van der Waals surface area contributed by atoms with Gasteiger partial charge in [-0.3, -0.25) is 9.69 Å².